The van der Waals surface area contributed by atoms with Gasteiger partial charge in [0.05, 0.1) is 24.2 Å². The Morgan fingerprint density at radius 2 is 1.79 bits per heavy atom. The largest absolute Gasteiger partial charge is 0.465 e. The smallest absolute Gasteiger partial charge is 0.421 e. The molecule has 1 aromatic carbocycles. The van der Waals surface area contributed by atoms with Crippen molar-refractivity contribution in [1.29, 1.82) is 0 Å². The Morgan fingerprint density at radius 3 is 2.26 bits per heavy atom. The first kappa shape index (κ1) is 15.0. The van der Waals surface area contributed by atoms with E-state index < -0.39 is 22.1 Å². The summed E-state index contributed by atoms with van der Waals surface area (Å²) in [6.07, 6.45) is -1.06. The zero-order chi connectivity index (χ0) is 14.5. The van der Waals surface area contributed by atoms with Crippen molar-refractivity contribution < 1.29 is 27.5 Å². The van der Waals surface area contributed by atoms with Crippen LogP contribution in [0.4, 0.5) is 4.79 Å². The fourth-order valence-corrected chi connectivity index (χ4v) is 2.11. The van der Waals surface area contributed by atoms with E-state index in [1.54, 1.807) is 11.6 Å². The first-order chi connectivity index (χ1) is 8.90. The minimum Gasteiger partial charge on any atom is -0.465 e. The summed E-state index contributed by atoms with van der Waals surface area (Å²) in [4.78, 5) is 22.1. The summed E-state index contributed by atoms with van der Waals surface area (Å²) < 4.78 is 34.2. The van der Waals surface area contributed by atoms with E-state index in [2.05, 4.69) is 9.47 Å². The highest BCUT2D eigenvalue weighted by atomic mass is 32.2. The van der Waals surface area contributed by atoms with E-state index in [-0.39, 0.29) is 17.1 Å². The highest BCUT2D eigenvalue weighted by molar-refractivity contribution is 7.90. The van der Waals surface area contributed by atoms with Crippen LogP contribution in [-0.2, 0) is 19.5 Å². The van der Waals surface area contributed by atoms with Gasteiger partial charge in [-0.05, 0) is 31.2 Å². The van der Waals surface area contributed by atoms with Gasteiger partial charge in [-0.1, -0.05) is 0 Å². The number of hydrogen-bond donors (Lipinski definition) is 1. The molecule has 1 rings (SSSR count). The number of benzene rings is 1. The zero-order valence-corrected chi connectivity index (χ0v) is 11.2. The monoisotopic (exact) mass is 287 g/mol. The van der Waals surface area contributed by atoms with E-state index in [0.29, 0.717) is 0 Å². The van der Waals surface area contributed by atoms with Crippen molar-refractivity contribution in [3.63, 3.8) is 0 Å². The maximum atomic E-state index is 11.7. The predicted octanol–water partition coefficient (Wildman–Crippen LogP) is 0.908. The number of amides is 1. The third kappa shape index (κ3) is 3.95. The van der Waals surface area contributed by atoms with Gasteiger partial charge in [0.15, 0.2) is 0 Å². The molecule has 0 fully saturated rings. The fraction of sp³-hybridized carbons (Fsp3) is 0.273. The molecule has 0 aliphatic carbocycles. The molecule has 0 saturated heterocycles. The lowest BCUT2D eigenvalue weighted by atomic mass is 10.2. The van der Waals surface area contributed by atoms with Crippen molar-refractivity contribution in [2.75, 3.05) is 13.7 Å². The molecule has 0 radical (unpaired) electrons. The summed E-state index contributed by atoms with van der Waals surface area (Å²) in [6, 6.07) is 4.94. The van der Waals surface area contributed by atoms with Gasteiger partial charge in [-0.2, -0.15) is 0 Å². The molecule has 0 bridgehead atoms. The lowest BCUT2D eigenvalue weighted by Gasteiger charge is -2.07. The van der Waals surface area contributed by atoms with E-state index >= 15 is 0 Å². The van der Waals surface area contributed by atoms with E-state index in [4.69, 9.17) is 0 Å². The van der Waals surface area contributed by atoms with Gasteiger partial charge < -0.3 is 9.47 Å². The number of carbonyl (C=O) groups is 2. The topological polar surface area (TPSA) is 98.8 Å². The molecule has 1 aromatic rings. The van der Waals surface area contributed by atoms with Crippen molar-refractivity contribution in [3.8, 4) is 0 Å². The second-order valence-electron chi connectivity index (χ2n) is 3.34. The van der Waals surface area contributed by atoms with E-state index in [1.807, 2.05) is 0 Å². The molecule has 1 N–H and O–H groups in total. The molecule has 0 aliphatic rings. The van der Waals surface area contributed by atoms with Crippen molar-refractivity contribution in [2.45, 2.75) is 11.8 Å². The summed E-state index contributed by atoms with van der Waals surface area (Å²) in [7, 11) is -2.79. The Kier molecular flexibility index (Phi) is 4.87. The van der Waals surface area contributed by atoms with Crippen LogP contribution in [0.2, 0.25) is 0 Å². The number of esters is 1. The second kappa shape index (κ2) is 6.19. The van der Waals surface area contributed by atoms with Crippen LogP contribution >= 0.6 is 0 Å². The Balaban J connectivity index is 2.91. The van der Waals surface area contributed by atoms with Crippen LogP contribution in [0.5, 0.6) is 0 Å². The normalized spacial score (nSPS) is 10.6. The maximum absolute atomic E-state index is 11.7. The quantitative estimate of drug-likeness (QED) is 0.826. The lowest BCUT2D eigenvalue weighted by Crippen LogP contribution is -2.31. The van der Waals surface area contributed by atoms with Crippen molar-refractivity contribution >= 4 is 22.1 Å². The van der Waals surface area contributed by atoms with E-state index in [9.17, 15) is 18.0 Å². The first-order valence-corrected chi connectivity index (χ1v) is 6.77. The molecule has 0 spiro atoms. The SMILES string of the molecule is CCOC(=O)NS(=O)(=O)c1ccc(C(=O)OC)cc1. The molecule has 0 aliphatic heterocycles. The highest BCUT2D eigenvalue weighted by Crippen LogP contribution is 2.11. The minimum atomic E-state index is -4.01. The van der Waals surface area contributed by atoms with Gasteiger partial charge in [0.1, 0.15) is 0 Å². The molecule has 0 unspecified atom stereocenters. The molecule has 0 heterocycles. The molecule has 8 heteroatoms. The van der Waals surface area contributed by atoms with Crippen molar-refractivity contribution in [2.24, 2.45) is 0 Å². The molecular formula is C11H13NO6S. The van der Waals surface area contributed by atoms with Crippen LogP contribution in [0, 0.1) is 0 Å². The van der Waals surface area contributed by atoms with Gasteiger partial charge in [-0.3, -0.25) is 0 Å². The lowest BCUT2D eigenvalue weighted by molar-refractivity contribution is 0.0600. The molecule has 0 aromatic heterocycles. The molecule has 104 valence electrons. The molecule has 0 atom stereocenters. The molecule has 7 nitrogen and oxygen atoms in total. The Bertz CT molecular complexity index is 563. The summed E-state index contributed by atoms with van der Waals surface area (Å²) >= 11 is 0. The Morgan fingerprint density at radius 1 is 1.21 bits per heavy atom. The molecule has 0 saturated carbocycles. The van der Waals surface area contributed by atoms with Gasteiger partial charge in [0, 0.05) is 0 Å². The maximum Gasteiger partial charge on any atom is 0.421 e. The van der Waals surface area contributed by atoms with Gasteiger partial charge in [-0.25, -0.2) is 22.7 Å². The van der Waals surface area contributed by atoms with Gasteiger partial charge in [0.2, 0.25) is 0 Å². The minimum absolute atomic E-state index is 0.0582. The van der Waals surface area contributed by atoms with Crippen LogP contribution in [0.1, 0.15) is 17.3 Å². The van der Waals surface area contributed by atoms with Crippen molar-refractivity contribution in [1.82, 2.24) is 4.72 Å². The summed E-state index contributed by atoms with van der Waals surface area (Å²) in [5.74, 6) is -0.581. The second-order valence-corrected chi connectivity index (χ2v) is 5.02. The average Bonchev–Trinajstić information content (AvgIpc) is 2.37. The third-order valence-electron chi connectivity index (χ3n) is 2.08. The number of carbonyl (C=O) groups excluding carboxylic acids is 2. The van der Waals surface area contributed by atoms with Crippen LogP contribution in [-0.4, -0.2) is 34.2 Å². The molecule has 1 amide bonds. The standard InChI is InChI=1S/C11H13NO6S/c1-3-18-11(14)12-19(15,16)9-6-4-8(5-7-9)10(13)17-2/h4-7H,3H2,1-2H3,(H,12,14). The van der Waals surface area contributed by atoms with Crippen LogP contribution in [0.15, 0.2) is 29.2 Å². The average molecular weight is 287 g/mol. The molecule has 19 heavy (non-hydrogen) atoms. The Labute approximate surface area is 110 Å². The summed E-state index contributed by atoms with van der Waals surface area (Å²) in [6.45, 7) is 1.61. The summed E-state index contributed by atoms with van der Waals surface area (Å²) in [5.41, 5.74) is 0.206. The van der Waals surface area contributed by atoms with E-state index in [1.165, 1.54) is 31.4 Å². The number of hydrogen-bond acceptors (Lipinski definition) is 6. The van der Waals surface area contributed by atoms with E-state index in [0.717, 1.165) is 0 Å². The number of sulfonamides is 1. The van der Waals surface area contributed by atoms with Crippen LogP contribution in [0.3, 0.4) is 0 Å². The Hall–Kier alpha value is -2.09. The van der Waals surface area contributed by atoms with Gasteiger partial charge >= 0.3 is 12.1 Å². The van der Waals surface area contributed by atoms with Gasteiger partial charge in [-0.15, -0.1) is 0 Å². The summed E-state index contributed by atoms with van der Waals surface area (Å²) in [5, 5.41) is 0. The highest BCUT2D eigenvalue weighted by Gasteiger charge is 2.18. The van der Waals surface area contributed by atoms with Gasteiger partial charge in [0.25, 0.3) is 10.0 Å². The third-order valence-corrected chi connectivity index (χ3v) is 3.41. The molecular weight excluding hydrogens is 274 g/mol. The number of methoxy groups -OCH3 is 1. The first-order valence-electron chi connectivity index (χ1n) is 5.28. The fourth-order valence-electron chi connectivity index (χ4n) is 1.22. The number of ether oxygens (including phenoxy) is 2. The van der Waals surface area contributed by atoms with Crippen LogP contribution < -0.4 is 4.72 Å². The van der Waals surface area contributed by atoms with Crippen molar-refractivity contribution in [3.05, 3.63) is 29.8 Å². The predicted molar refractivity (Wildman–Crippen MR) is 65.1 cm³/mol. The number of nitrogens with one attached hydrogen (secondary N) is 1. The van der Waals surface area contributed by atoms with Crippen LogP contribution in [0.25, 0.3) is 0 Å². The number of rotatable bonds is 4. The zero-order valence-electron chi connectivity index (χ0n) is 10.4.